The van der Waals surface area contributed by atoms with Crippen molar-refractivity contribution in [2.45, 2.75) is 26.0 Å². The number of para-hydroxylation sites is 2. The zero-order valence-corrected chi connectivity index (χ0v) is 17.6. The number of benzene rings is 1. The monoisotopic (exact) mass is 413 g/mol. The van der Waals surface area contributed by atoms with E-state index >= 15 is 0 Å². The van der Waals surface area contributed by atoms with Crippen LogP contribution >= 0.6 is 11.3 Å². The summed E-state index contributed by atoms with van der Waals surface area (Å²) in [6.45, 7) is 3.98. The molecule has 2 aromatic heterocycles. The van der Waals surface area contributed by atoms with Crippen molar-refractivity contribution in [1.82, 2.24) is 10.6 Å². The molecular weight excluding hydrogens is 386 g/mol. The molecule has 2 heterocycles. The van der Waals surface area contributed by atoms with Gasteiger partial charge >= 0.3 is 0 Å². The van der Waals surface area contributed by atoms with Crippen LogP contribution < -0.4 is 20.1 Å². The van der Waals surface area contributed by atoms with E-state index in [1.807, 2.05) is 49.4 Å². The van der Waals surface area contributed by atoms with Gasteiger partial charge in [0.2, 0.25) is 0 Å². The Morgan fingerprint density at radius 2 is 1.97 bits per heavy atom. The lowest BCUT2D eigenvalue weighted by molar-refractivity contribution is 0.213. The van der Waals surface area contributed by atoms with Gasteiger partial charge in [-0.3, -0.25) is 0 Å². The zero-order valence-electron chi connectivity index (χ0n) is 16.8. The fourth-order valence-electron chi connectivity index (χ4n) is 2.71. The molecule has 0 aliphatic heterocycles. The molecule has 0 fully saturated rings. The largest absolute Gasteiger partial charge is 0.493 e. The molecule has 29 heavy (non-hydrogen) atoms. The number of nitrogens with one attached hydrogen (secondary N) is 2. The third kappa shape index (κ3) is 6.87. The number of aliphatic imine (C=N–C) groups is 1. The Bertz CT molecular complexity index is 863. The summed E-state index contributed by atoms with van der Waals surface area (Å²) >= 11 is 1.70. The summed E-state index contributed by atoms with van der Waals surface area (Å²) in [5.41, 5.74) is 0. The first-order valence-electron chi connectivity index (χ1n) is 9.61. The van der Waals surface area contributed by atoms with Crippen molar-refractivity contribution in [3.05, 3.63) is 70.8 Å². The summed E-state index contributed by atoms with van der Waals surface area (Å²) in [7, 11) is 1.64. The van der Waals surface area contributed by atoms with E-state index in [4.69, 9.17) is 18.9 Å². The van der Waals surface area contributed by atoms with E-state index in [1.54, 1.807) is 24.7 Å². The molecule has 0 aliphatic carbocycles. The molecule has 6 nitrogen and oxygen atoms in total. The highest BCUT2D eigenvalue weighted by atomic mass is 32.1. The summed E-state index contributed by atoms with van der Waals surface area (Å²) in [6, 6.07) is 15.6. The van der Waals surface area contributed by atoms with E-state index in [0.29, 0.717) is 13.1 Å². The minimum absolute atomic E-state index is 0.0647. The van der Waals surface area contributed by atoms with Crippen molar-refractivity contribution >= 4 is 17.3 Å². The second-order valence-electron chi connectivity index (χ2n) is 6.46. The summed E-state index contributed by atoms with van der Waals surface area (Å²) < 4.78 is 16.8. The second kappa shape index (κ2) is 11.2. The Kier molecular flexibility index (Phi) is 8.01. The van der Waals surface area contributed by atoms with Gasteiger partial charge in [0.15, 0.2) is 17.5 Å². The molecule has 0 aliphatic rings. The van der Waals surface area contributed by atoms with Gasteiger partial charge in [-0.15, -0.1) is 11.3 Å². The molecule has 0 amide bonds. The van der Waals surface area contributed by atoms with E-state index in [-0.39, 0.29) is 6.10 Å². The smallest absolute Gasteiger partial charge is 0.191 e. The first-order chi connectivity index (χ1) is 14.2. The molecule has 0 spiro atoms. The van der Waals surface area contributed by atoms with Crippen LogP contribution in [-0.2, 0) is 13.0 Å². The van der Waals surface area contributed by atoms with Crippen molar-refractivity contribution in [2.24, 2.45) is 4.99 Å². The number of hydrogen-bond donors (Lipinski definition) is 2. The SMILES string of the molecule is COc1ccccc1OC(C)CNC(=NCc1cccs1)NCCc1ccco1. The van der Waals surface area contributed by atoms with Gasteiger partial charge in [0.05, 0.1) is 26.5 Å². The van der Waals surface area contributed by atoms with Gasteiger partial charge in [-0.25, -0.2) is 4.99 Å². The fourth-order valence-corrected chi connectivity index (χ4v) is 3.34. The average Bonchev–Trinajstić information content (AvgIpc) is 3.44. The van der Waals surface area contributed by atoms with Crippen LogP contribution in [-0.4, -0.2) is 32.3 Å². The molecule has 1 atom stereocenters. The molecule has 2 N–H and O–H groups in total. The number of furan rings is 1. The summed E-state index contributed by atoms with van der Waals surface area (Å²) in [5, 5.41) is 8.79. The number of thiophene rings is 1. The molecule has 0 saturated carbocycles. The standard InChI is InChI=1S/C22H27N3O3S/c1-17(28-21-10-4-3-9-20(21)26-2)15-24-22(25-16-19-8-6-14-29-19)23-12-11-18-7-5-13-27-18/h3-10,13-14,17H,11-12,15-16H2,1-2H3,(H2,23,24,25). The predicted molar refractivity (Wildman–Crippen MR) is 117 cm³/mol. The topological polar surface area (TPSA) is 68.0 Å². The zero-order chi connectivity index (χ0) is 20.3. The van der Waals surface area contributed by atoms with E-state index in [0.717, 1.165) is 36.2 Å². The molecule has 3 aromatic rings. The van der Waals surface area contributed by atoms with Crippen LogP contribution in [0.15, 0.2) is 69.6 Å². The quantitative estimate of drug-likeness (QED) is 0.387. The van der Waals surface area contributed by atoms with Gasteiger partial charge < -0.3 is 24.5 Å². The van der Waals surface area contributed by atoms with E-state index < -0.39 is 0 Å². The Morgan fingerprint density at radius 1 is 1.10 bits per heavy atom. The van der Waals surface area contributed by atoms with Crippen LogP contribution in [0.4, 0.5) is 0 Å². The normalized spacial score (nSPS) is 12.4. The lowest BCUT2D eigenvalue weighted by Crippen LogP contribution is -2.42. The van der Waals surface area contributed by atoms with Crippen LogP contribution in [0.2, 0.25) is 0 Å². The molecule has 0 bridgehead atoms. The highest BCUT2D eigenvalue weighted by molar-refractivity contribution is 7.09. The van der Waals surface area contributed by atoms with Gasteiger partial charge in [-0.05, 0) is 42.6 Å². The van der Waals surface area contributed by atoms with Crippen molar-refractivity contribution < 1.29 is 13.9 Å². The molecule has 154 valence electrons. The fraction of sp³-hybridized carbons (Fsp3) is 0.318. The molecular formula is C22H27N3O3S. The van der Waals surface area contributed by atoms with Crippen LogP contribution in [0.5, 0.6) is 11.5 Å². The number of nitrogens with zero attached hydrogens (tertiary/aromatic N) is 1. The first kappa shape index (κ1) is 20.8. The molecule has 1 aromatic carbocycles. The van der Waals surface area contributed by atoms with Gasteiger partial charge in [0, 0.05) is 17.8 Å². The Morgan fingerprint density at radius 3 is 2.69 bits per heavy atom. The molecule has 0 saturated heterocycles. The highest BCUT2D eigenvalue weighted by Gasteiger charge is 2.10. The Balaban J connectivity index is 1.54. The summed E-state index contributed by atoms with van der Waals surface area (Å²) in [6.07, 6.45) is 2.42. The summed E-state index contributed by atoms with van der Waals surface area (Å²) in [4.78, 5) is 5.91. The number of rotatable bonds is 10. The molecule has 3 rings (SSSR count). The van der Waals surface area contributed by atoms with Crippen molar-refractivity contribution in [2.75, 3.05) is 20.2 Å². The Labute approximate surface area is 175 Å². The van der Waals surface area contributed by atoms with Crippen LogP contribution in [0, 0.1) is 0 Å². The van der Waals surface area contributed by atoms with Gasteiger partial charge in [-0.2, -0.15) is 0 Å². The highest BCUT2D eigenvalue weighted by Crippen LogP contribution is 2.26. The number of hydrogen-bond acceptors (Lipinski definition) is 5. The lowest BCUT2D eigenvalue weighted by Gasteiger charge is -2.19. The minimum Gasteiger partial charge on any atom is -0.493 e. The Hall–Kier alpha value is -2.93. The molecule has 7 heteroatoms. The van der Waals surface area contributed by atoms with Crippen LogP contribution in [0.3, 0.4) is 0 Å². The number of ether oxygens (including phenoxy) is 2. The maximum Gasteiger partial charge on any atom is 0.191 e. The van der Waals surface area contributed by atoms with E-state index in [1.165, 1.54) is 4.88 Å². The van der Waals surface area contributed by atoms with E-state index in [2.05, 4.69) is 22.1 Å². The molecule has 1 unspecified atom stereocenters. The van der Waals surface area contributed by atoms with Crippen molar-refractivity contribution in [3.63, 3.8) is 0 Å². The maximum atomic E-state index is 6.02. The second-order valence-corrected chi connectivity index (χ2v) is 7.49. The van der Waals surface area contributed by atoms with Crippen molar-refractivity contribution in [3.8, 4) is 11.5 Å². The first-order valence-corrected chi connectivity index (χ1v) is 10.5. The van der Waals surface area contributed by atoms with Crippen LogP contribution in [0.1, 0.15) is 17.6 Å². The maximum absolute atomic E-state index is 6.02. The lowest BCUT2D eigenvalue weighted by atomic mass is 10.3. The predicted octanol–water partition coefficient (Wildman–Crippen LogP) is 4.10. The van der Waals surface area contributed by atoms with Gasteiger partial charge in [0.1, 0.15) is 11.9 Å². The number of methoxy groups -OCH3 is 1. The van der Waals surface area contributed by atoms with E-state index in [9.17, 15) is 0 Å². The van der Waals surface area contributed by atoms with Crippen molar-refractivity contribution in [1.29, 1.82) is 0 Å². The third-order valence-electron chi connectivity index (χ3n) is 4.17. The average molecular weight is 414 g/mol. The molecule has 0 radical (unpaired) electrons. The van der Waals surface area contributed by atoms with Crippen LogP contribution in [0.25, 0.3) is 0 Å². The number of guanidine groups is 1. The summed E-state index contributed by atoms with van der Waals surface area (Å²) in [5.74, 6) is 3.15. The third-order valence-corrected chi connectivity index (χ3v) is 5.03. The van der Waals surface area contributed by atoms with Gasteiger partial charge in [-0.1, -0.05) is 18.2 Å². The van der Waals surface area contributed by atoms with Gasteiger partial charge in [0.25, 0.3) is 0 Å². The minimum atomic E-state index is -0.0647.